The van der Waals surface area contributed by atoms with E-state index in [0.29, 0.717) is 0 Å². The maximum atomic E-state index is 12.0. The van der Waals surface area contributed by atoms with E-state index in [1.165, 1.54) is 0 Å². The van der Waals surface area contributed by atoms with Gasteiger partial charge in [-0.25, -0.2) is 0 Å². The third kappa shape index (κ3) is 12.0. The fourth-order valence-corrected chi connectivity index (χ4v) is 3.50. The Balaban J connectivity index is -0.000000845. The molecular formula is C9H22LiO4TiV. The molecule has 0 amide bonds. The van der Waals surface area contributed by atoms with Crippen molar-refractivity contribution in [2.45, 2.75) is 59.9 Å². The Bertz CT molecular complexity index is 178. The summed E-state index contributed by atoms with van der Waals surface area (Å²) in [6.45, 7) is 10.8. The molecule has 0 saturated carbocycles. The summed E-state index contributed by atoms with van der Waals surface area (Å²) < 4.78 is 27.7. The van der Waals surface area contributed by atoms with Gasteiger partial charge in [-0.2, -0.15) is 0 Å². The van der Waals surface area contributed by atoms with Crippen LogP contribution in [0.4, 0.5) is 0 Å². The van der Waals surface area contributed by atoms with Gasteiger partial charge in [0.2, 0.25) is 0 Å². The van der Waals surface area contributed by atoms with Crippen molar-refractivity contribution in [1.82, 2.24) is 0 Å². The van der Waals surface area contributed by atoms with E-state index in [2.05, 4.69) is 0 Å². The zero-order valence-corrected chi connectivity index (χ0v) is 13.3. The molecule has 7 heteroatoms. The first-order chi connectivity index (χ1) is 6.25. The van der Waals surface area contributed by atoms with Crippen LogP contribution in [0.15, 0.2) is 0 Å². The van der Waals surface area contributed by atoms with Crippen LogP contribution in [-0.2, 0) is 51.4 Å². The maximum absolute atomic E-state index is 12.0. The third-order valence-corrected chi connectivity index (χ3v) is 4.20. The second-order valence-electron chi connectivity index (χ2n) is 3.91. The third-order valence-electron chi connectivity index (χ3n) is 1.02. The molecule has 0 saturated heterocycles. The van der Waals surface area contributed by atoms with E-state index < -0.39 is 15.0 Å². The molecule has 0 atom stereocenters. The number of hydrogen-bond acceptors (Lipinski definition) is 4. The molecule has 0 radical (unpaired) electrons. The summed E-state index contributed by atoms with van der Waals surface area (Å²) >= 11 is -4.05. The van der Waals surface area contributed by atoms with Gasteiger partial charge < -0.3 is 0 Å². The predicted octanol–water partition coefficient (Wildman–Crippen LogP) is 1.85. The van der Waals surface area contributed by atoms with Gasteiger partial charge in [-0.05, 0) is 0 Å². The summed E-state index contributed by atoms with van der Waals surface area (Å²) in [5, 5.41) is 0. The minimum Gasteiger partial charge on any atom is 0 e. The van der Waals surface area contributed by atoms with E-state index in [9.17, 15) is 3.67 Å². The fourth-order valence-electron chi connectivity index (χ4n) is 0.849. The zero-order valence-electron chi connectivity index (χ0n) is 10.3. The van der Waals surface area contributed by atoms with Crippen molar-refractivity contribution in [2.24, 2.45) is 0 Å². The van der Waals surface area contributed by atoms with Crippen LogP contribution < -0.4 is 0 Å². The van der Waals surface area contributed by atoms with Gasteiger partial charge in [-0.3, -0.25) is 0 Å². The van der Waals surface area contributed by atoms with E-state index in [1.807, 2.05) is 0 Å². The van der Waals surface area contributed by atoms with Gasteiger partial charge in [0.1, 0.15) is 0 Å². The molecule has 0 aromatic rings. The van der Waals surface area contributed by atoms with Crippen LogP contribution in [0.5, 0.6) is 0 Å². The predicted molar refractivity (Wildman–Crippen MR) is 56.5 cm³/mol. The summed E-state index contributed by atoms with van der Waals surface area (Å²) in [6.07, 6.45) is -0.465. The normalized spacial score (nSPS) is 11.6. The largest absolute Gasteiger partial charge is 0 e. The van der Waals surface area contributed by atoms with E-state index >= 15 is 0 Å². The molecule has 0 fully saturated rings. The van der Waals surface area contributed by atoms with Crippen molar-refractivity contribution in [1.29, 1.82) is 0 Å². The quantitative estimate of drug-likeness (QED) is 0.702. The summed E-state index contributed by atoms with van der Waals surface area (Å²) in [4.78, 5) is 0. The van der Waals surface area contributed by atoms with Crippen molar-refractivity contribution in [3.05, 3.63) is 0 Å². The Morgan fingerprint density at radius 1 is 0.750 bits per heavy atom. The Labute approximate surface area is 129 Å². The van der Waals surface area contributed by atoms with Gasteiger partial charge in [-0.1, -0.05) is 0 Å². The zero-order chi connectivity index (χ0) is 11.4. The van der Waals surface area contributed by atoms with Crippen molar-refractivity contribution in [3.63, 3.8) is 0 Å². The minimum absolute atomic E-state index is 0. The van der Waals surface area contributed by atoms with Crippen LogP contribution in [-0.4, -0.2) is 37.2 Å². The van der Waals surface area contributed by atoms with Gasteiger partial charge in [0, 0.05) is 21.7 Å². The minimum atomic E-state index is -4.05. The first-order valence-corrected chi connectivity index (χ1v) is 7.18. The topological polar surface area (TPSA) is 44.8 Å². The summed E-state index contributed by atoms with van der Waals surface area (Å²) in [5.74, 6) is 0. The van der Waals surface area contributed by atoms with Crippen molar-refractivity contribution >= 4 is 18.9 Å². The average molecular weight is 300 g/mol. The summed E-state index contributed by atoms with van der Waals surface area (Å²) in [5.41, 5.74) is 0. The Morgan fingerprint density at radius 3 is 1.06 bits per heavy atom. The van der Waals surface area contributed by atoms with E-state index in [0.717, 1.165) is 0 Å². The molecule has 0 aliphatic heterocycles. The van der Waals surface area contributed by atoms with Gasteiger partial charge in [0.05, 0.1) is 0 Å². The summed E-state index contributed by atoms with van der Waals surface area (Å²) in [7, 11) is 0. The molecule has 0 aliphatic carbocycles. The smallest absolute Gasteiger partial charge is 0 e. The van der Waals surface area contributed by atoms with E-state index in [4.69, 9.17) is 11.0 Å². The number of hydrogen-bond donors (Lipinski definition) is 0. The second kappa shape index (κ2) is 10.5. The number of rotatable bonds is 6. The van der Waals surface area contributed by atoms with Crippen LogP contribution in [0.3, 0.4) is 0 Å². The van der Waals surface area contributed by atoms with Crippen LogP contribution >= 0.6 is 0 Å². The van der Waals surface area contributed by atoms with Gasteiger partial charge in [0.25, 0.3) is 0 Å². The molecule has 0 rings (SSSR count). The maximum Gasteiger partial charge on any atom is 0 e. The molecular weight excluding hydrogens is 278 g/mol. The van der Waals surface area contributed by atoms with Crippen LogP contribution in [0, 0.1) is 0 Å². The molecule has 0 heterocycles. The van der Waals surface area contributed by atoms with Gasteiger partial charge in [-0.15, -0.1) is 0 Å². The van der Waals surface area contributed by atoms with E-state index in [1.54, 1.807) is 41.5 Å². The standard InChI is InChI=1S/3C3H7O.Li.O.Ti.V.H/c3*1-3(2)4;;;;;/h3*3H,1-2H3;;;;;/q3*-1;;;;+3;. The molecule has 0 spiro atoms. The molecule has 0 unspecified atom stereocenters. The van der Waals surface area contributed by atoms with E-state index in [-0.39, 0.29) is 58.9 Å². The van der Waals surface area contributed by atoms with Crippen molar-refractivity contribution < 1.29 is 51.4 Å². The van der Waals surface area contributed by atoms with Crippen LogP contribution in [0.2, 0.25) is 0 Å². The molecule has 92 valence electrons. The summed E-state index contributed by atoms with van der Waals surface area (Å²) in [6, 6.07) is 0. The molecule has 16 heavy (non-hydrogen) atoms. The van der Waals surface area contributed by atoms with Gasteiger partial charge in [0.15, 0.2) is 0 Å². The van der Waals surface area contributed by atoms with Crippen molar-refractivity contribution in [3.8, 4) is 0 Å². The second-order valence-corrected chi connectivity index (χ2v) is 6.29. The Morgan fingerprint density at radius 2 is 0.938 bits per heavy atom. The van der Waals surface area contributed by atoms with Crippen molar-refractivity contribution in [2.75, 3.05) is 0 Å². The molecule has 0 aromatic carbocycles. The molecule has 0 N–H and O–H groups in total. The first kappa shape index (κ1) is 22.7. The fraction of sp³-hybridized carbons (Fsp3) is 1.00. The first-order valence-electron chi connectivity index (χ1n) is 4.90. The average Bonchev–Trinajstić information content (AvgIpc) is 1.76. The molecule has 0 bridgehead atoms. The monoisotopic (exact) mass is 300 g/mol. The SMILES string of the molecule is CC(C)[O][V](=[O])([O]C(C)C)[O]C(C)C.[LiH].[Ti]. The molecule has 0 aromatic heterocycles. The Hall–Kier alpha value is 1.58. The van der Waals surface area contributed by atoms with Gasteiger partial charge >= 0.3 is 108 Å². The van der Waals surface area contributed by atoms with Crippen LogP contribution in [0.1, 0.15) is 41.5 Å². The Kier molecular flexibility index (Phi) is 14.9. The van der Waals surface area contributed by atoms with Crippen LogP contribution in [0.25, 0.3) is 0 Å². The molecule has 4 nitrogen and oxygen atoms in total. The molecule has 0 aliphatic rings.